The minimum atomic E-state index is -3.03. The topological polar surface area (TPSA) is 76.0 Å². The molecule has 1 aromatic carbocycles. The summed E-state index contributed by atoms with van der Waals surface area (Å²) in [6.45, 7) is 6.15. The maximum Gasteiger partial charge on any atom is 0.253 e. The maximum atomic E-state index is 12.4. The molecule has 0 unspecified atom stereocenters. The van der Waals surface area contributed by atoms with E-state index in [1.807, 2.05) is 49.9 Å². The number of amides is 1. The number of hydrogen-bond donors (Lipinski definition) is 0. The molecule has 2 heterocycles. The number of carbonyl (C=O) groups is 1. The first kappa shape index (κ1) is 20.2. The average molecular weight is 411 g/mol. The monoisotopic (exact) mass is 410 g/mol. The first-order chi connectivity index (χ1) is 12.6. The lowest BCUT2D eigenvalue weighted by Gasteiger charge is -2.25. The number of methoxy groups -OCH3 is 1. The summed E-state index contributed by atoms with van der Waals surface area (Å²) < 4.78 is 29.3. The van der Waals surface area contributed by atoms with Crippen LogP contribution in [0.4, 0.5) is 0 Å². The van der Waals surface area contributed by atoms with E-state index in [4.69, 9.17) is 4.74 Å². The number of nitrogens with zero attached hydrogens (tertiary/aromatic N) is 2. The van der Waals surface area contributed by atoms with Crippen LogP contribution in [-0.2, 0) is 21.1 Å². The molecule has 27 heavy (non-hydrogen) atoms. The lowest BCUT2D eigenvalue weighted by atomic mass is 9.96. The zero-order chi connectivity index (χ0) is 19.8. The van der Waals surface area contributed by atoms with Crippen molar-refractivity contribution in [3.8, 4) is 5.75 Å². The summed E-state index contributed by atoms with van der Waals surface area (Å²) >= 11 is 1.43. The van der Waals surface area contributed by atoms with Crippen LogP contribution in [0.1, 0.15) is 26.3 Å². The molecule has 3 rings (SSSR count). The van der Waals surface area contributed by atoms with Crippen LogP contribution in [0.15, 0.2) is 29.3 Å². The highest BCUT2D eigenvalue weighted by molar-refractivity contribution is 8.15. The Balaban J connectivity index is 1.79. The standard InChI is InChI=1S/C19H26N2O4S2/c1-19(2,3)17(22)20-18-21(15-11-27(23,24)12-16(15)26-18)10-9-13-5-7-14(25-4)8-6-13/h5-8,15-16H,9-12H2,1-4H3/t15-,16-/m0/s1. The predicted octanol–water partition coefficient (Wildman–Crippen LogP) is 2.38. The van der Waals surface area contributed by atoms with E-state index in [-0.39, 0.29) is 28.7 Å². The number of thioether (sulfide) groups is 1. The minimum absolute atomic E-state index is 0.0441. The van der Waals surface area contributed by atoms with Crippen LogP contribution in [0.25, 0.3) is 0 Å². The van der Waals surface area contributed by atoms with Crippen molar-refractivity contribution in [1.29, 1.82) is 0 Å². The number of benzene rings is 1. The van der Waals surface area contributed by atoms with Crippen LogP contribution in [0.2, 0.25) is 0 Å². The Morgan fingerprint density at radius 1 is 1.26 bits per heavy atom. The Labute approximate surface area is 165 Å². The summed E-state index contributed by atoms with van der Waals surface area (Å²) in [5.41, 5.74) is 0.575. The van der Waals surface area contributed by atoms with Crippen molar-refractivity contribution in [1.82, 2.24) is 4.90 Å². The molecule has 2 aliphatic rings. The molecule has 2 atom stereocenters. The number of rotatable bonds is 4. The molecule has 0 bridgehead atoms. The summed E-state index contributed by atoms with van der Waals surface area (Å²) in [6.07, 6.45) is 0.747. The molecule has 0 spiro atoms. The van der Waals surface area contributed by atoms with Gasteiger partial charge in [-0.1, -0.05) is 44.7 Å². The second-order valence-electron chi connectivity index (χ2n) is 8.04. The van der Waals surface area contributed by atoms with Crippen molar-refractivity contribution >= 4 is 32.7 Å². The molecule has 1 aromatic rings. The largest absolute Gasteiger partial charge is 0.497 e. The van der Waals surface area contributed by atoms with Crippen molar-refractivity contribution in [3.63, 3.8) is 0 Å². The highest BCUT2D eigenvalue weighted by atomic mass is 32.2. The van der Waals surface area contributed by atoms with Gasteiger partial charge in [0, 0.05) is 17.2 Å². The Morgan fingerprint density at radius 3 is 2.52 bits per heavy atom. The van der Waals surface area contributed by atoms with Crippen molar-refractivity contribution < 1.29 is 17.9 Å². The van der Waals surface area contributed by atoms with E-state index in [0.717, 1.165) is 17.7 Å². The zero-order valence-corrected chi connectivity index (χ0v) is 17.8. The summed E-state index contributed by atoms with van der Waals surface area (Å²) in [6, 6.07) is 7.72. The lowest BCUT2D eigenvalue weighted by Crippen LogP contribution is -2.39. The Bertz CT molecular complexity index is 841. The van der Waals surface area contributed by atoms with E-state index in [0.29, 0.717) is 11.7 Å². The Morgan fingerprint density at radius 2 is 1.93 bits per heavy atom. The molecule has 1 amide bonds. The van der Waals surface area contributed by atoms with Crippen molar-refractivity contribution in [2.45, 2.75) is 38.5 Å². The second-order valence-corrected chi connectivity index (χ2v) is 11.4. The van der Waals surface area contributed by atoms with E-state index < -0.39 is 15.3 Å². The minimum Gasteiger partial charge on any atom is -0.497 e. The normalized spacial score (nSPS) is 25.6. The number of carbonyl (C=O) groups excluding carboxylic acids is 1. The average Bonchev–Trinajstić information content (AvgIpc) is 3.04. The van der Waals surface area contributed by atoms with Crippen LogP contribution in [0.3, 0.4) is 0 Å². The summed E-state index contributed by atoms with van der Waals surface area (Å²) in [5, 5.41) is 0.616. The molecule has 6 nitrogen and oxygen atoms in total. The van der Waals surface area contributed by atoms with E-state index in [2.05, 4.69) is 4.99 Å². The fourth-order valence-corrected chi connectivity index (χ4v) is 7.17. The summed E-state index contributed by atoms with van der Waals surface area (Å²) in [4.78, 5) is 18.8. The van der Waals surface area contributed by atoms with Gasteiger partial charge in [0.15, 0.2) is 15.0 Å². The molecule has 2 aliphatic heterocycles. The third kappa shape index (κ3) is 4.66. The van der Waals surface area contributed by atoms with Crippen LogP contribution >= 0.6 is 11.8 Å². The number of sulfone groups is 1. The van der Waals surface area contributed by atoms with Gasteiger partial charge in [0.2, 0.25) is 0 Å². The molecule has 0 radical (unpaired) electrons. The van der Waals surface area contributed by atoms with Gasteiger partial charge in [0.05, 0.1) is 24.7 Å². The van der Waals surface area contributed by atoms with Crippen LogP contribution in [0.5, 0.6) is 5.75 Å². The molecule has 0 saturated carbocycles. The lowest BCUT2D eigenvalue weighted by molar-refractivity contribution is -0.124. The molecule has 2 fully saturated rings. The van der Waals surface area contributed by atoms with Gasteiger partial charge < -0.3 is 9.64 Å². The van der Waals surface area contributed by atoms with Gasteiger partial charge in [-0.15, -0.1) is 0 Å². The Kier molecular flexibility index (Phi) is 5.59. The van der Waals surface area contributed by atoms with Gasteiger partial charge in [0.1, 0.15) is 5.75 Å². The summed E-state index contributed by atoms with van der Waals surface area (Å²) in [5.74, 6) is 0.915. The van der Waals surface area contributed by atoms with Crippen LogP contribution in [0, 0.1) is 5.41 Å². The highest BCUT2D eigenvalue weighted by Crippen LogP contribution is 2.38. The smallest absolute Gasteiger partial charge is 0.253 e. The van der Waals surface area contributed by atoms with Crippen molar-refractivity contribution in [2.75, 3.05) is 25.2 Å². The number of amidine groups is 1. The van der Waals surface area contributed by atoms with E-state index in [9.17, 15) is 13.2 Å². The van der Waals surface area contributed by atoms with Crippen LogP contribution < -0.4 is 4.74 Å². The molecule has 8 heteroatoms. The van der Waals surface area contributed by atoms with E-state index >= 15 is 0 Å². The molecular formula is C19H26N2O4S2. The van der Waals surface area contributed by atoms with Crippen molar-refractivity contribution in [3.05, 3.63) is 29.8 Å². The third-order valence-corrected chi connectivity index (χ3v) is 8.06. The molecular weight excluding hydrogens is 384 g/mol. The van der Waals surface area contributed by atoms with Crippen molar-refractivity contribution in [2.24, 2.45) is 10.4 Å². The SMILES string of the molecule is COc1ccc(CCN2C(=NC(=O)C(C)(C)C)S[C@H]3CS(=O)(=O)C[C@@H]32)cc1. The van der Waals surface area contributed by atoms with E-state index in [1.165, 1.54) is 11.8 Å². The summed E-state index contributed by atoms with van der Waals surface area (Å²) in [7, 11) is -1.40. The van der Waals surface area contributed by atoms with E-state index in [1.54, 1.807) is 7.11 Å². The van der Waals surface area contributed by atoms with Gasteiger partial charge in [-0.3, -0.25) is 4.79 Å². The van der Waals surface area contributed by atoms with Gasteiger partial charge in [-0.25, -0.2) is 8.42 Å². The number of fused-ring (bicyclic) bond motifs is 1. The van der Waals surface area contributed by atoms with Gasteiger partial charge in [0.25, 0.3) is 5.91 Å². The number of aliphatic imine (C=N–C) groups is 1. The first-order valence-corrected chi connectivity index (χ1v) is 11.7. The van der Waals surface area contributed by atoms with Gasteiger partial charge >= 0.3 is 0 Å². The fourth-order valence-electron chi connectivity index (χ4n) is 3.19. The second kappa shape index (κ2) is 7.47. The molecule has 2 saturated heterocycles. The molecule has 0 aliphatic carbocycles. The Hall–Kier alpha value is -1.54. The van der Waals surface area contributed by atoms with Crippen LogP contribution in [-0.4, -0.2) is 60.8 Å². The van der Waals surface area contributed by atoms with Gasteiger partial charge in [-0.2, -0.15) is 4.99 Å². The number of hydrogen-bond acceptors (Lipinski definition) is 5. The molecule has 0 N–H and O–H groups in total. The van der Waals surface area contributed by atoms with Gasteiger partial charge in [-0.05, 0) is 24.1 Å². The maximum absolute atomic E-state index is 12.4. The third-order valence-electron chi connectivity index (χ3n) is 4.81. The quantitative estimate of drug-likeness (QED) is 0.759. The molecule has 148 valence electrons. The first-order valence-electron chi connectivity index (χ1n) is 8.99. The fraction of sp³-hybridized carbons (Fsp3) is 0.579. The highest BCUT2D eigenvalue weighted by Gasteiger charge is 2.48. The predicted molar refractivity (Wildman–Crippen MR) is 109 cm³/mol. The zero-order valence-electron chi connectivity index (χ0n) is 16.1. The number of ether oxygens (including phenoxy) is 1. The molecule has 0 aromatic heterocycles.